The molecule has 11 heavy (non-hydrogen) atoms. The molecule has 0 unspecified atom stereocenters. The first-order chi connectivity index (χ1) is 5.05. The second-order valence-electron chi connectivity index (χ2n) is 1.80. The summed E-state index contributed by atoms with van der Waals surface area (Å²) in [6.45, 7) is 0. The van der Waals surface area contributed by atoms with Crippen LogP contribution in [0.5, 0.6) is 0 Å². The van der Waals surface area contributed by atoms with Crippen molar-refractivity contribution in [1.82, 2.24) is 0 Å². The van der Waals surface area contributed by atoms with Crippen molar-refractivity contribution in [3.05, 3.63) is 17.0 Å². The SMILES string of the molecule is O=S(=O)(Cl)c1sccc1CBr. The molecule has 0 saturated carbocycles. The molecule has 0 N–H and O–H groups in total. The first-order valence-corrected chi connectivity index (χ1v) is 6.93. The Morgan fingerprint density at radius 1 is 1.64 bits per heavy atom. The molecule has 1 aromatic rings. The lowest BCUT2D eigenvalue weighted by Crippen LogP contribution is -1.89. The van der Waals surface area contributed by atoms with E-state index in [1.807, 2.05) is 0 Å². The molecule has 0 spiro atoms. The average molecular weight is 276 g/mol. The quantitative estimate of drug-likeness (QED) is 0.614. The molecule has 0 aliphatic rings. The van der Waals surface area contributed by atoms with E-state index in [1.165, 1.54) is 0 Å². The van der Waals surface area contributed by atoms with Gasteiger partial charge in [0.1, 0.15) is 4.21 Å². The molecule has 0 aliphatic carbocycles. The van der Waals surface area contributed by atoms with Gasteiger partial charge in [-0.1, -0.05) is 15.9 Å². The maximum absolute atomic E-state index is 10.8. The Morgan fingerprint density at radius 2 is 2.27 bits per heavy atom. The summed E-state index contributed by atoms with van der Waals surface area (Å²) in [6.07, 6.45) is 0. The highest BCUT2D eigenvalue weighted by Gasteiger charge is 2.15. The van der Waals surface area contributed by atoms with Crippen LogP contribution in [0.15, 0.2) is 15.7 Å². The minimum absolute atomic E-state index is 0.232. The minimum atomic E-state index is -3.54. The second-order valence-corrected chi connectivity index (χ2v) is 6.04. The summed E-state index contributed by atoms with van der Waals surface area (Å²) in [7, 11) is 1.60. The van der Waals surface area contributed by atoms with Gasteiger partial charge >= 0.3 is 0 Å². The van der Waals surface area contributed by atoms with Crippen molar-refractivity contribution in [2.24, 2.45) is 0 Å². The summed E-state index contributed by atoms with van der Waals surface area (Å²) >= 11 is 4.29. The van der Waals surface area contributed by atoms with Gasteiger partial charge in [-0.2, -0.15) is 0 Å². The molecule has 0 amide bonds. The molecule has 1 heterocycles. The molecule has 1 aromatic heterocycles. The summed E-state index contributed by atoms with van der Waals surface area (Å²) < 4.78 is 21.9. The van der Waals surface area contributed by atoms with Crippen molar-refractivity contribution in [1.29, 1.82) is 0 Å². The van der Waals surface area contributed by atoms with E-state index in [9.17, 15) is 8.42 Å². The standard InChI is InChI=1S/C5H4BrClO2S2/c6-3-4-1-2-10-5(4)11(7,8)9/h1-2H,3H2. The van der Waals surface area contributed by atoms with Crippen LogP contribution in [0.3, 0.4) is 0 Å². The van der Waals surface area contributed by atoms with E-state index in [4.69, 9.17) is 10.7 Å². The lowest BCUT2D eigenvalue weighted by Gasteiger charge is -1.92. The van der Waals surface area contributed by atoms with Crippen LogP contribution in [0.2, 0.25) is 0 Å². The Balaban J connectivity index is 3.24. The maximum atomic E-state index is 10.8. The first kappa shape index (κ1) is 9.51. The lowest BCUT2D eigenvalue weighted by atomic mass is 10.4. The topological polar surface area (TPSA) is 34.1 Å². The fourth-order valence-electron chi connectivity index (χ4n) is 0.635. The molecule has 2 nitrogen and oxygen atoms in total. The second kappa shape index (κ2) is 3.43. The largest absolute Gasteiger partial charge is 0.271 e. The summed E-state index contributed by atoms with van der Waals surface area (Å²) in [4.78, 5) is 0. The summed E-state index contributed by atoms with van der Waals surface area (Å²) in [5.41, 5.74) is 0.713. The van der Waals surface area contributed by atoms with Gasteiger partial charge < -0.3 is 0 Å². The molecule has 0 aromatic carbocycles. The summed E-state index contributed by atoms with van der Waals surface area (Å²) in [6, 6.07) is 1.73. The van der Waals surface area contributed by atoms with E-state index in [2.05, 4.69) is 15.9 Å². The molecule has 6 heteroatoms. The Bertz CT molecular complexity index is 343. The van der Waals surface area contributed by atoms with Crippen LogP contribution < -0.4 is 0 Å². The molecule has 62 valence electrons. The van der Waals surface area contributed by atoms with E-state index in [0.29, 0.717) is 10.9 Å². The Kier molecular flexibility index (Phi) is 2.96. The van der Waals surface area contributed by atoms with E-state index >= 15 is 0 Å². The number of hydrogen-bond donors (Lipinski definition) is 0. The highest BCUT2D eigenvalue weighted by atomic mass is 79.9. The fraction of sp³-hybridized carbons (Fsp3) is 0.200. The Morgan fingerprint density at radius 3 is 2.64 bits per heavy atom. The number of thiophene rings is 1. The summed E-state index contributed by atoms with van der Waals surface area (Å²) in [5, 5.41) is 2.21. The van der Waals surface area contributed by atoms with E-state index in [0.717, 1.165) is 11.3 Å². The molecular formula is C5H4BrClO2S2. The number of rotatable bonds is 2. The van der Waals surface area contributed by atoms with Crippen molar-refractivity contribution < 1.29 is 8.42 Å². The molecule has 0 atom stereocenters. The van der Waals surface area contributed by atoms with Gasteiger partial charge in [0, 0.05) is 16.0 Å². The minimum Gasteiger partial charge on any atom is -0.206 e. The zero-order valence-electron chi connectivity index (χ0n) is 5.25. The lowest BCUT2D eigenvalue weighted by molar-refractivity contribution is 0.611. The van der Waals surface area contributed by atoms with Crippen molar-refractivity contribution in [3.63, 3.8) is 0 Å². The van der Waals surface area contributed by atoms with Crippen LogP contribution in [0.25, 0.3) is 0 Å². The van der Waals surface area contributed by atoms with Gasteiger partial charge in [0.15, 0.2) is 0 Å². The molecule has 1 rings (SSSR count). The monoisotopic (exact) mass is 274 g/mol. The van der Waals surface area contributed by atoms with E-state index in [1.54, 1.807) is 11.4 Å². The predicted octanol–water partition coefficient (Wildman–Crippen LogP) is 2.57. The molecule has 0 bridgehead atoms. The zero-order valence-corrected chi connectivity index (χ0v) is 9.23. The van der Waals surface area contributed by atoms with Gasteiger partial charge in [-0.15, -0.1) is 11.3 Å². The van der Waals surface area contributed by atoms with Gasteiger partial charge in [0.2, 0.25) is 0 Å². The Labute approximate surface area is 81.7 Å². The van der Waals surface area contributed by atoms with Crippen LogP contribution in [-0.4, -0.2) is 8.42 Å². The number of alkyl halides is 1. The van der Waals surface area contributed by atoms with Crippen molar-refractivity contribution in [2.45, 2.75) is 9.54 Å². The van der Waals surface area contributed by atoms with Crippen molar-refractivity contribution in [3.8, 4) is 0 Å². The summed E-state index contributed by atoms with van der Waals surface area (Å²) in [5.74, 6) is 0. The average Bonchev–Trinajstić information content (AvgIpc) is 2.31. The third-order valence-electron chi connectivity index (χ3n) is 1.07. The van der Waals surface area contributed by atoms with Gasteiger partial charge in [-0.05, 0) is 17.0 Å². The molecule has 0 saturated heterocycles. The normalized spacial score (nSPS) is 11.8. The first-order valence-electron chi connectivity index (χ1n) is 2.62. The third kappa shape index (κ3) is 2.18. The van der Waals surface area contributed by atoms with Gasteiger partial charge in [0.05, 0.1) is 0 Å². The number of hydrogen-bond acceptors (Lipinski definition) is 3. The van der Waals surface area contributed by atoms with Crippen LogP contribution in [0.1, 0.15) is 5.56 Å². The molecule has 0 radical (unpaired) electrons. The van der Waals surface area contributed by atoms with Gasteiger partial charge in [0.25, 0.3) is 9.05 Å². The predicted molar refractivity (Wildman–Crippen MR) is 50.0 cm³/mol. The Hall–Kier alpha value is 0.420. The highest BCUT2D eigenvalue weighted by Crippen LogP contribution is 2.27. The smallest absolute Gasteiger partial charge is 0.206 e. The number of halogens is 2. The zero-order chi connectivity index (χ0) is 8.48. The van der Waals surface area contributed by atoms with Crippen molar-refractivity contribution >= 4 is 47.0 Å². The van der Waals surface area contributed by atoms with Crippen LogP contribution in [0.4, 0.5) is 0 Å². The van der Waals surface area contributed by atoms with Gasteiger partial charge in [-0.25, -0.2) is 8.42 Å². The van der Waals surface area contributed by atoms with Crippen LogP contribution in [0, 0.1) is 0 Å². The van der Waals surface area contributed by atoms with Gasteiger partial charge in [-0.3, -0.25) is 0 Å². The maximum Gasteiger partial charge on any atom is 0.271 e. The molecule has 0 fully saturated rings. The highest BCUT2D eigenvalue weighted by molar-refractivity contribution is 9.08. The molecule has 0 aliphatic heterocycles. The fourth-order valence-corrected chi connectivity index (χ4v) is 3.83. The molecular weight excluding hydrogens is 272 g/mol. The van der Waals surface area contributed by atoms with Crippen LogP contribution >= 0.6 is 37.9 Å². The van der Waals surface area contributed by atoms with E-state index in [-0.39, 0.29) is 4.21 Å². The van der Waals surface area contributed by atoms with E-state index < -0.39 is 9.05 Å². The van der Waals surface area contributed by atoms with Crippen molar-refractivity contribution in [2.75, 3.05) is 0 Å². The van der Waals surface area contributed by atoms with Crippen LogP contribution in [-0.2, 0) is 14.4 Å². The third-order valence-corrected chi connectivity index (χ3v) is 4.81.